The van der Waals surface area contributed by atoms with Gasteiger partial charge in [0.05, 0.1) is 11.3 Å². The molecule has 3 aromatic rings. The monoisotopic (exact) mass is 401 g/mol. The summed E-state index contributed by atoms with van der Waals surface area (Å²) in [6, 6.07) is 12.4. The maximum absolute atomic E-state index is 12.9. The van der Waals surface area contributed by atoms with Crippen molar-refractivity contribution < 1.29 is 18.0 Å². The van der Waals surface area contributed by atoms with Crippen LogP contribution in [0.25, 0.3) is 11.4 Å². The minimum atomic E-state index is -4.38. The third-order valence-electron chi connectivity index (χ3n) is 4.84. The van der Waals surface area contributed by atoms with Crippen LogP contribution in [-0.2, 0) is 6.18 Å². The van der Waals surface area contributed by atoms with Crippen LogP contribution in [0.4, 0.5) is 18.9 Å². The van der Waals surface area contributed by atoms with Gasteiger partial charge in [-0.3, -0.25) is 14.9 Å². The number of halogens is 3. The normalized spacial score (nSPS) is 14.9. The lowest BCUT2D eigenvalue weighted by Gasteiger charge is -2.36. The fraction of sp³-hybridized carbons (Fsp3) is 0.250. The molecular weight excluding hydrogens is 383 g/mol. The number of nitrogens with zero attached hydrogens (tertiary/aromatic N) is 4. The Labute approximate surface area is 165 Å². The molecule has 150 valence electrons. The third kappa shape index (κ3) is 4.08. The topological polar surface area (TPSA) is 65.1 Å². The smallest absolute Gasteiger partial charge is 0.368 e. The highest BCUT2D eigenvalue weighted by molar-refractivity contribution is 5.93. The lowest BCUT2D eigenvalue weighted by atomic mass is 10.1. The molecule has 1 amide bonds. The van der Waals surface area contributed by atoms with Crippen LogP contribution in [0.15, 0.2) is 54.7 Å². The molecule has 1 saturated heterocycles. The van der Waals surface area contributed by atoms with E-state index < -0.39 is 11.7 Å². The zero-order valence-corrected chi connectivity index (χ0v) is 15.4. The van der Waals surface area contributed by atoms with E-state index in [1.54, 1.807) is 35.4 Å². The molecule has 9 heteroatoms. The molecule has 0 saturated carbocycles. The average molecular weight is 401 g/mol. The van der Waals surface area contributed by atoms with Gasteiger partial charge in [-0.25, -0.2) is 0 Å². The Bertz CT molecular complexity index is 995. The number of anilines is 1. The molecule has 6 nitrogen and oxygen atoms in total. The van der Waals surface area contributed by atoms with Crippen molar-refractivity contribution in [3.8, 4) is 11.4 Å². The van der Waals surface area contributed by atoms with E-state index in [2.05, 4.69) is 15.2 Å². The van der Waals surface area contributed by atoms with Gasteiger partial charge in [0.1, 0.15) is 11.4 Å². The summed E-state index contributed by atoms with van der Waals surface area (Å²) in [5.41, 5.74) is 1.44. The maximum atomic E-state index is 12.9. The Morgan fingerprint density at radius 3 is 2.45 bits per heavy atom. The van der Waals surface area contributed by atoms with E-state index in [4.69, 9.17) is 0 Å². The average Bonchev–Trinajstić information content (AvgIpc) is 3.24. The molecule has 2 aromatic heterocycles. The van der Waals surface area contributed by atoms with Crippen molar-refractivity contribution in [3.05, 3.63) is 66.0 Å². The first kappa shape index (κ1) is 19.0. The number of nitrogens with one attached hydrogen (secondary N) is 1. The van der Waals surface area contributed by atoms with Crippen LogP contribution in [-0.4, -0.2) is 52.2 Å². The van der Waals surface area contributed by atoms with Crippen LogP contribution in [0.2, 0.25) is 0 Å². The lowest BCUT2D eigenvalue weighted by Crippen LogP contribution is -2.49. The summed E-state index contributed by atoms with van der Waals surface area (Å²) in [6.45, 7) is 1.72. The highest BCUT2D eigenvalue weighted by atomic mass is 19.4. The molecule has 3 heterocycles. The van der Waals surface area contributed by atoms with Gasteiger partial charge in [-0.1, -0.05) is 12.1 Å². The Hall–Kier alpha value is -3.36. The molecule has 1 fully saturated rings. The quantitative estimate of drug-likeness (QED) is 0.730. The largest absolute Gasteiger partial charge is 0.416 e. The van der Waals surface area contributed by atoms with E-state index in [1.807, 2.05) is 11.0 Å². The van der Waals surface area contributed by atoms with Crippen molar-refractivity contribution >= 4 is 11.6 Å². The minimum Gasteiger partial charge on any atom is -0.368 e. The molecule has 4 rings (SSSR count). The number of aromatic nitrogens is 3. The van der Waals surface area contributed by atoms with Crippen molar-refractivity contribution in [1.82, 2.24) is 20.1 Å². The van der Waals surface area contributed by atoms with Gasteiger partial charge in [0, 0.05) is 38.1 Å². The van der Waals surface area contributed by atoms with Gasteiger partial charge >= 0.3 is 6.18 Å². The number of aromatic amines is 1. The molecule has 0 atom stereocenters. The second-order valence-corrected chi connectivity index (χ2v) is 6.71. The minimum absolute atomic E-state index is 0.191. The number of hydrogen-bond acceptors (Lipinski definition) is 4. The van der Waals surface area contributed by atoms with E-state index in [1.165, 1.54) is 6.07 Å². The van der Waals surface area contributed by atoms with E-state index in [0.717, 1.165) is 12.1 Å². The number of benzene rings is 1. The van der Waals surface area contributed by atoms with Crippen LogP contribution in [0.1, 0.15) is 16.1 Å². The molecule has 1 aliphatic heterocycles. The summed E-state index contributed by atoms with van der Waals surface area (Å²) in [7, 11) is 0. The van der Waals surface area contributed by atoms with Crippen LogP contribution >= 0.6 is 0 Å². The predicted molar refractivity (Wildman–Crippen MR) is 101 cm³/mol. The van der Waals surface area contributed by atoms with E-state index >= 15 is 0 Å². The molecule has 0 bridgehead atoms. The molecule has 0 aliphatic carbocycles. The summed E-state index contributed by atoms with van der Waals surface area (Å²) < 4.78 is 38.8. The molecule has 1 N–H and O–H groups in total. The molecule has 0 radical (unpaired) electrons. The molecule has 1 aromatic carbocycles. The maximum Gasteiger partial charge on any atom is 0.416 e. The van der Waals surface area contributed by atoms with Crippen molar-refractivity contribution in [2.24, 2.45) is 0 Å². The Balaban J connectivity index is 1.41. The van der Waals surface area contributed by atoms with Gasteiger partial charge in [0.15, 0.2) is 0 Å². The standard InChI is InChI=1S/C20H18F3N5O/c21-20(22,23)14-4-3-5-15(12-14)27-8-10-28(11-9-27)19(29)18-13-17(25-26-18)16-6-1-2-7-24-16/h1-7,12-13H,8-11H2,(H,25,26). The molecule has 29 heavy (non-hydrogen) atoms. The number of hydrogen-bond donors (Lipinski definition) is 1. The first-order chi connectivity index (χ1) is 13.9. The van der Waals surface area contributed by atoms with Crippen molar-refractivity contribution in [2.75, 3.05) is 31.1 Å². The van der Waals surface area contributed by atoms with Gasteiger partial charge < -0.3 is 9.80 Å². The van der Waals surface area contributed by atoms with Crippen LogP contribution in [0.5, 0.6) is 0 Å². The number of rotatable bonds is 3. The first-order valence-corrected chi connectivity index (χ1v) is 9.10. The van der Waals surface area contributed by atoms with Gasteiger partial charge in [-0.05, 0) is 36.4 Å². The molecular formula is C20H18F3N5O. The van der Waals surface area contributed by atoms with Gasteiger partial charge in [-0.2, -0.15) is 18.3 Å². The van der Waals surface area contributed by atoms with E-state index in [0.29, 0.717) is 48.9 Å². The first-order valence-electron chi connectivity index (χ1n) is 9.10. The number of alkyl halides is 3. The zero-order chi connectivity index (χ0) is 20.4. The second kappa shape index (κ2) is 7.57. The van der Waals surface area contributed by atoms with E-state index in [-0.39, 0.29) is 5.91 Å². The SMILES string of the molecule is O=C(c1cc(-c2ccccn2)n[nH]1)N1CCN(c2cccc(C(F)(F)F)c2)CC1. The van der Waals surface area contributed by atoms with Crippen molar-refractivity contribution in [3.63, 3.8) is 0 Å². The highest BCUT2D eigenvalue weighted by Gasteiger charge is 2.31. The number of carbonyl (C=O) groups excluding carboxylic acids is 1. The number of pyridine rings is 1. The Morgan fingerprint density at radius 1 is 0.966 bits per heavy atom. The number of carbonyl (C=O) groups is 1. The second-order valence-electron chi connectivity index (χ2n) is 6.71. The summed E-state index contributed by atoms with van der Waals surface area (Å²) in [5, 5.41) is 6.89. The number of H-pyrrole nitrogens is 1. The van der Waals surface area contributed by atoms with Crippen molar-refractivity contribution in [2.45, 2.75) is 6.18 Å². The summed E-state index contributed by atoms with van der Waals surface area (Å²) in [6.07, 6.45) is -2.72. The third-order valence-corrected chi connectivity index (χ3v) is 4.84. The molecule has 1 aliphatic rings. The van der Waals surface area contributed by atoms with Crippen molar-refractivity contribution in [1.29, 1.82) is 0 Å². The Morgan fingerprint density at radius 2 is 1.76 bits per heavy atom. The summed E-state index contributed by atoms with van der Waals surface area (Å²) in [4.78, 5) is 20.5. The fourth-order valence-electron chi connectivity index (χ4n) is 3.29. The lowest BCUT2D eigenvalue weighted by molar-refractivity contribution is -0.137. The number of piperazine rings is 1. The van der Waals surface area contributed by atoms with Crippen LogP contribution < -0.4 is 4.90 Å². The fourth-order valence-corrected chi connectivity index (χ4v) is 3.29. The Kier molecular flexibility index (Phi) is 4.96. The zero-order valence-electron chi connectivity index (χ0n) is 15.4. The van der Waals surface area contributed by atoms with E-state index in [9.17, 15) is 18.0 Å². The molecule has 0 unspecified atom stereocenters. The molecule has 0 spiro atoms. The predicted octanol–water partition coefficient (Wildman–Crippen LogP) is 3.45. The number of amides is 1. The van der Waals surface area contributed by atoms with Gasteiger partial charge in [-0.15, -0.1) is 0 Å². The van der Waals surface area contributed by atoms with Crippen LogP contribution in [0, 0.1) is 0 Å². The highest BCUT2D eigenvalue weighted by Crippen LogP contribution is 2.32. The summed E-state index contributed by atoms with van der Waals surface area (Å²) >= 11 is 0. The summed E-state index contributed by atoms with van der Waals surface area (Å²) in [5.74, 6) is -0.191. The van der Waals surface area contributed by atoms with Crippen LogP contribution in [0.3, 0.4) is 0 Å². The van der Waals surface area contributed by atoms with Gasteiger partial charge in [0.2, 0.25) is 0 Å². The van der Waals surface area contributed by atoms with Gasteiger partial charge in [0.25, 0.3) is 5.91 Å².